The Kier molecular flexibility index (Phi) is 20.2. The molecule has 0 heterocycles. The number of carbonyl (C=O) groups excluding carboxylic acids is 5. The summed E-state index contributed by atoms with van der Waals surface area (Å²) in [6.07, 6.45) is 3.42. The molecule has 2 aromatic rings. The quantitative estimate of drug-likeness (QED) is 0.0636. The Bertz CT molecular complexity index is 1280. The summed E-state index contributed by atoms with van der Waals surface area (Å²) in [5, 5.41) is 13.4. The number of alkyl carbamates (subject to hydrolysis) is 1. The third-order valence-electron chi connectivity index (χ3n) is 7.32. The highest BCUT2D eigenvalue weighted by Gasteiger charge is 2.16. The van der Waals surface area contributed by atoms with Crippen LogP contribution >= 0.6 is 0 Å². The van der Waals surface area contributed by atoms with Gasteiger partial charge in [-0.3, -0.25) is 19.2 Å². The normalized spacial score (nSPS) is 11.8. The van der Waals surface area contributed by atoms with Crippen molar-refractivity contribution in [2.24, 2.45) is 22.9 Å². The first-order chi connectivity index (χ1) is 24.1. The number of ether oxygens (including phenoxy) is 2. The molecule has 16 nitrogen and oxygen atoms in total. The van der Waals surface area contributed by atoms with Crippen molar-refractivity contribution >= 4 is 29.7 Å². The van der Waals surface area contributed by atoms with E-state index >= 15 is 0 Å². The van der Waals surface area contributed by atoms with Crippen LogP contribution in [0.5, 0.6) is 5.75 Å². The molecular formula is C34H53N9O7. The molecule has 5 amide bonds. The molecular weight excluding hydrogens is 646 g/mol. The maximum atomic E-state index is 13.0. The second kappa shape index (κ2) is 24.4. The number of rotatable bonds is 24. The zero-order chi connectivity index (χ0) is 36.6. The molecule has 0 aromatic heterocycles. The van der Waals surface area contributed by atoms with Crippen LogP contribution in [0, 0.1) is 0 Å². The standard InChI is InChI=1S/C34H53N9O7/c35-12-6-4-10-28(37)32(46)41-16-14-39-30(44)25-20-26(31(45)40-15-17-42-33(47)29(38)11-5-7-13-36)22-27(21-25)49-19-18-43-34(48)50-23-24-8-2-1-3-9-24/h1-3,8-9,20-22,28-29H,4-7,10-19,23,35-38H2,(H,39,44)(H,40,45)(H,41,46)(H,42,47)(H,43,48)/t28-,29-/m0/s1. The lowest BCUT2D eigenvalue weighted by molar-refractivity contribution is -0.123. The Morgan fingerprint density at radius 3 is 1.62 bits per heavy atom. The van der Waals surface area contributed by atoms with Gasteiger partial charge >= 0.3 is 6.09 Å². The molecule has 0 saturated heterocycles. The number of nitrogens with one attached hydrogen (secondary N) is 5. The van der Waals surface area contributed by atoms with Crippen molar-refractivity contribution in [3.8, 4) is 5.75 Å². The van der Waals surface area contributed by atoms with Crippen LogP contribution in [-0.4, -0.2) is 94.2 Å². The first-order valence-corrected chi connectivity index (χ1v) is 16.9. The molecule has 0 aliphatic heterocycles. The topological polar surface area (TPSA) is 268 Å². The van der Waals surface area contributed by atoms with E-state index in [4.69, 9.17) is 32.4 Å². The zero-order valence-electron chi connectivity index (χ0n) is 28.5. The van der Waals surface area contributed by atoms with Crippen LogP contribution in [0.15, 0.2) is 48.5 Å². The van der Waals surface area contributed by atoms with Crippen LogP contribution in [0.3, 0.4) is 0 Å². The van der Waals surface area contributed by atoms with Crippen LogP contribution < -0.4 is 54.3 Å². The highest BCUT2D eigenvalue weighted by molar-refractivity contribution is 6.00. The summed E-state index contributed by atoms with van der Waals surface area (Å²) < 4.78 is 10.9. The highest BCUT2D eigenvalue weighted by Crippen LogP contribution is 2.18. The van der Waals surface area contributed by atoms with Gasteiger partial charge in [0, 0.05) is 37.3 Å². The van der Waals surface area contributed by atoms with Gasteiger partial charge in [-0.15, -0.1) is 0 Å². The monoisotopic (exact) mass is 699 g/mol. The Morgan fingerprint density at radius 1 is 0.620 bits per heavy atom. The van der Waals surface area contributed by atoms with Gasteiger partial charge < -0.3 is 59.0 Å². The second-order valence-corrected chi connectivity index (χ2v) is 11.5. The molecule has 50 heavy (non-hydrogen) atoms. The average molecular weight is 700 g/mol. The molecule has 2 atom stereocenters. The van der Waals surface area contributed by atoms with Crippen molar-refractivity contribution in [1.82, 2.24) is 26.6 Å². The number of carbonyl (C=O) groups is 5. The van der Waals surface area contributed by atoms with E-state index in [2.05, 4.69) is 26.6 Å². The molecule has 0 saturated carbocycles. The molecule has 13 N–H and O–H groups in total. The van der Waals surface area contributed by atoms with Crippen LogP contribution in [0.2, 0.25) is 0 Å². The Balaban J connectivity index is 1.94. The molecule has 0 spiro atoms. The molecule has 0 fully saturated rings. The first kappa shape index (κ1) is 41.4. The van der Waals surface area contributed by atoms with Gasteiger partial charge in [0.15, 0.2) is 0 Å². The molecule has 0 radical (unpaired) electrons. The van der Waals surface area contributed by atoms with Gasteiger partial charge in [-0.05, 0) is 62.5 Å². The molecule has 2 aromatic carbocycles. The lowest BCUT2D eigenvalue weighted by Crippen LogP contribution is -2.43. The molecule has 276 valence electrons. The summed E-state index contributed by atoms with van der Waals surface area (Å²) in [5.41, 5.74) is 23.9. The van der Waals surface area contributed by atoms with Crippen molar-refractivity contribution in [2.75, 3.05) is 52.4 Å². The van der Waals surface area contributed by atoms with Crippen molar-refractivity contribution in [1.29, 1.82) is 0 Å². The minimum Gasteiger partial charge on any atom is -0.492 e. The van der Waals surface area contributed by atoms with E-state index in [0.29, 0.717) is 25.9 Å². The predicted molar refractivity (Wildman–Crippen MR) is 189 cm³/mol. The summed E-state index contributed by atoms with van der Waals surface area (Å²) in [4.78, 5) is 62.6. The summed E-state index contributed by atoms with van der Waals surface area (Å²) in [5.74, 6) is -1.47. The Hall–Kier alpha value is -4.77. The summed E-state index contributed by atoms with van der Waals surface area (Å²) >= 11 is 0. The van der Waals surface area contributed by atoms with E-state index in [0.717, 1.165) is 31.2 Å². The van der Waals surface area contributed by atoms with Crippen molar-refractivity contribution in [3.05, 3.63) is 65.2 Å². The fraction of sp³-hybridized carbons (Fsp3) is 0.500. The van der Waals surface area contributed by atoms with E-state index in [1.165, 1.54) is 18.2 Å². The maximum Gasteiger partial charge on any atom is 0.407 e. The maximum absolute atomic E-state index is 13.0. The summed E-state index contributed by atoms with van der Waals surface area (Å²) in [6.45, 7) is 1.78. The van der Waals surface area contributed by atoms with Crippen molar-refractivity contribution in [2.45, 2.75) is 57.2 Å². The minimum atomic E-state index is -0.668. The third-order valence-corrected chi connectivity index (χ3v) is 7.32. The molecule has 0 aliphatic carbocycles. The minimum absolute atomic E-state index is 0.0156. The number of amides is 5. The number of nitrogens with two attached hydrogens (primary N) is 4. The largest absolute Gasteiger partial charge is 0.492 e. The molecule has 2 rings (SSSR count). The van der Waals surface area contributed by atoms with Crippen LogP contribution in [0.25, 0.3) is 0 Å². The van der Waals surface area contributed by atoms with E-state index in [1.807, 2.05) is 30.3 Å². The van der Waals surface area contributed by atoms with Gasteiger partial charge in [0.25, 0.3) is 11.8 Å². The Labute approximate surface area is 293 Å². The number of hydrogen-bond donors (Lipinski definition) is 9. The summed E-state index contributed by atoms with van der Waals surface area (Å²) in [7, 11) is 0. The average Bonchev–Trinajstić information content (AvgIpc) is 3.12. The van der Waals surface area contributed by atoms with Crippen LogP contribution in [0.4, 0.5) is 4.79 Å². The van der Waals surface area contributed by atoms with Gasteiger partial charge in [0.2, 0.25) is 11.8 Å². The lowest BCUT2D eigenvalue weighted by atomic mass is 10.1. The van der Waals surface area contributed by atoms with E-state index in [9.17, 15) is 24.0 Å². The first-order valence-electron chi connectivity index (χ1n) is 16.9. The third kappa shape index (κ3) is 17.1. The lowest BCUT2D eigenvalue weighted by Gasteiger charge is -2.14. The van der Waals surface area contributed by atoms with Gasteiger partial charge in [0.1, 0.15) is 19.0 Å². The number of benzene rings is 2. The fourth-order valence-electron chi connectivity index (χ4n) is 4.51. The van der Waals surface area contributed by atoms with E-state index < -0.39 is 30.0 Å². The summed E-state index contributed by atoms with van der Waals surface area (Å²) in [6, 6.07) is 12.2. The van der Waals surface area contributed by atoms with Crippen LogP contribution in [-0.2, 0) is 20.9 Å². The molecule has 0 bridgehead atoms. The van der Waals surface area contributed by atoms with E-state index in [-0.39, 0.29) is 74.6 Å². The number of hydrogen-bond acceptors (Lipinski definition) is 11. The molecule has 16 heteroatoms. The van der Waals surface area contributed by atoms with Gasteiger partial charge in [-0.2, -0.15) is 0 Å². The highest BCUT2D eigenvalue weighted by atomic mass is 16.5. The predicted octanol–water partition coefficient (Wildman–Crippen LogP) is -0.404. The van der Waals surface area contributed by atoms with Crippen molar-refractivity contribution < 1.29 is 33.4 Å². The van der Waals surface area contributed by atoms with Gasteiger partial charge in [-0.25, -0.2) is 4.79 Å². The SMILES string of the molecule is NCCCC[C@H](N)C(=O)NCCNC(=O)c1cc(OCCNC(=O)OCc2ccccc2)cc(C(=O)NCCNC(=O)[C@@H](N)CCCCN)c1. The second-order valence-electron chi connectivity index (χ2n) is 11.5. The zero-order valence-corrected chi connectivity index (χ0v) is 28.5. The molecule has 0 aliphatic rings. The fourth-order valence-corrected chi connectivity index (χ4v) is 4.51. The Morgan fingerprint density at radius 2 is 1.12 bits per heavy atom. The van der Waals surface area contributed by atoms with Crippen LogP contribution in [0.1, 0.15) is 64.8 Å². The van der Waals surface area contributed by atoms with Crippen molar-refractivity contribution in [3.63, 3.8) is 0 Å². The van der Waals surface area contributed by atoms with Gasteiger partial charge in [-0.1, -0.05) is 43.2 Å². The number of unbranched alkanes of at least 4 members (excludes halogenated alkanes) is 2. The smallest absolute Gasteiger partial charge is 0.407 e. The van der Waals surface area contributed by atoms with Gasteiger partial charge in [0.05, 0.1) is 18.6 Å². The molecule has 0 unspecified atom stereocenters. The van der Waals surface area contributed by atoms with E-state index in [1.54, 1.807) is 0 Å².